The van der Waals surface area contributed by atoms with Gasteiger partial charge in [-0.25, -0.2) is 0 Å². The molecule has 2 rings (SSSR count). The minimum Gasteiger partial charge on any atom is -0.165 e. The summed E-state index contributed by atoms with van der Waals surface area (Å²) < 4.78 is 0. The van der Waals surface area contributed by atoms with Crippen LogP contribution in [-0.2, 0) is 0 Å². The zero-order valence-corrected chi connectivity index (χ0v) is 14.7. The van der Waals surface area contributed by atoms with Crippen LogP contribution in [0.4, 0.5) is 0 Å². The molecule has 2 unspecified atom stereocenters. The smallest absolute Gasteiger partial charge is 0.165 e. The number of rotatable bonds is 7. The van der Waals surface area contributed by atoms with Gasteiger partial charge in [-0.2, -0.15) is 11.1 Å². The minimum absolute atomic E-state index is 0.440. The first kappa shape index (κ1) is 16.8. The zero-order chi connectivity index (χ0) is 14.8. The van der Waals surface area contributed by atoms with Crippen molar-refractivity contribution in [1.29, 1.82) is 0 Å². The van der Waals surface area contributed by atoms with Gasteiger partial charge >= 0.3 is 0 Å². The molecule has 0 heterocycles. The van der Waals surface area contributed by atoms with Crippen molar-refractivity contribution in [2.24, 2.45) is 11.8 Å². The lowest BCUT2D eigenvalue weighted by atomic mass is 9.91. The lowest BCUT2D eigenvalue weighted by Gasteiger charge is -2.16. The molecule has 0 aromatic rings. The summed E-state index contributed by atoms with van der Waals surface area (Å²) in [5, 5.41) is 1.42. The van der Waals surface area contributed by atoms with Crippen molar-refractivity contribution in [2.75, 3.05) is 0 Å². The van der Waals surface area contributed by atoms with Gasteiger partial charge in [-0.05, 0) is 69.6 Å². The van der Waals surface area contributed by atoms with Crippen LogP contribution >= 0.6 is 11.1 Å². The average Bonchev–Trinajstić information content (AvgIpc) is 2.56. The van der Waals surface area contributed by atoms with E-state index < -0.39 is 0 Å². The summed E-state index contributed by atoms with van der Waals surface area (Å²) in [4.78, 5) is 0. The van der Waals surface area contributed by atoms with Crippen LogP contribution in [0.15, 0.2) is 47.7 Å². The first-order valence-electron chi connectivity index (χ1n) is 8.39. The Balaban J connectivity index is 1.68. The molecule has 114 valence electrons. The van der Waals surface area contributed by atoms with Gasteiger partial charge in [0.2, 0.25) is 8.83 Å². The molecule has 0 aliphatic heterocycles. The highest BCUT2D eigenvalue weighted by Gasteiger charge is 2.09. The second-order valence-electron chi connectivity index (χ2n) is 6.27. The van der Waals surface area contributed by atoms with Crippen molar-refractivity contribution in [3.63, 3.8) is 0 Å². The highest BCUT2D eigenvalue weighted by molar-refractivity contribution is 6.97. The van der Waals surface area contributed by atoms with Gasteiger partial charge in [-0.3, -0.25) is 0 Å². The van der Waals surface area contributed by atoms with Crippen LogP contribution in [0.5, 0.6) is 0 Å². The summed E-state index contributed by atoms with van der Waals surface area (Å²) in [6.07, 6.45) is 27.6. The predicted octanol–water partition coefficient (Wildman–Crippen LogP) is 6.17. The first-order chi connectivity index (χ1) is 10.4. The summed E-state index contributed by atoms with van der Waals surface area (Å²) in [6.45, 7) is 0. The van der Waals surface area contributed by atoms with Crippen LogP contribution in [0, 0.1) is 11.8 Å². The summed E-state index contributed by atoms with van der Waals surface area (Å²) in [6, 6.07) is 0. The van der Waals surface area contributed by atoms with Crippen LogP contribution in [0.25, 0.3) is 0 Å². The van der Waals surface area contributed by atoms with E-state index in [1.165, 1.54) is 56.6 Å². The molecule has 0 spiro atoms. The first-order valence-corrected chi connectivity index (χ1v) is 10.4. The van der Waals surface area contributed by atoms with E-state index in [4.69, 9.17) is 11.1 Å². The topological polar surface area (TPSA) is 0 Å². The van der Waals surface area contributed by atoms with Crippen LogP contribution in [0.2, 0.25) is 0 Å². The van der Waals surface area contributed by atoms with E-state index in [0.29, 0.717) is 8.83 Å². The minimum atomic E-state index is 0.440. The van der Waals surface area contributed by atoms with E-state index in [1.807, 2.05) is 0 Å². The van der Waals surface area contributed by atoms with Crippen LogP contribution < -0.4 is 0 Å². The molecule has 0 bridgehead atoms. The SMILES string of the molecule is Cl[Si]C(=CCC1CC=CCC1)CC=CCC1CC=CCC1. The van der Waals surface area contributed by atoms with Crippen molar-refractivity contribution >= 4 is 19.9 Å². The highest BCUT2D eigenvalue weighted by atomic mass is 35.6. The Hall–Kier alpha value is -0.533. The summed E-state index contributed by atoms with van der Waals surface area (Å²) in [5.41, 5.74) is 0. The van der Waals surface area contributed by atoms with E-state index in [2.05, 4.69) is 42.5 Å². The van der Waals surface area contributed by atoms with Crippen LogP contribution in [-0.4, -0.2) is 8.83 Å². The van der Waals surface area contributed by atoms with Gasteiger partial charge in [0.15, 0.2) is 0 Å². The Morgan fingerprint density at radius 1 is 0.952 bits per heavy atom. The molecular weight excluding hydrogens is 292 g/mol. The zero-order valence-electron chi connectivity index (χ0n) is 12.9. The van der Waals surface area contributed by atoms with Gasteiger partial charge in [0.05, 0.1) is 0 Å². The fourth-order valence-corrected chi connectivity index (χ4v) is 3.96. The fraction of sp³-hybridized carbons (Fsp3) is 0.579. The maximum Gasteiger partial charge on any atom is 0.206 e. The Bertz CT molecular complexity index is 406. The van der Waals surface area contributed by atoms with Crippen molar-refractivity contribution in [3.05, 3.63) is 47.7 Å². The lowest BCUT2D eigenvalue weighted by molar-refractivity contribution is 0.485. The van der Waals surface area contributed by atoms with Crippen molar-refractivity contribution in [2.45, 2.75) is 57.8 Å². The second-order valence-corrected chi connectivity index (χ2v) is 7.67. The third-order valence-corrected chi connectivity index (χ3v) is 5.93. The predicted molar refractivity (Wildman–Crippen MR) is 95.6 cm³/mol. The molecule has 2 atom stereocenters. The third kappa shape index (κ3) is 6.84. The normalized spacial score (nSPS) is 26.6. The fourth-order valence-electron chi connectivity index (χ4n) is 3.11. The molecule has 0 amide bonds. The number of halogens is 1. The van der Waals surface area contributed by atoms with E-state index in [9.17, 15) is 0 Å². The molecule has 2 aliphatic rings. The molecule has 0 saturated carbocycles. The molecule has 0 fully saturated rings. The van der Waals surface area contributed by atoms with Gasteiger partial charge < -0.3 is 0 Å². The quantitative estimate of drug-likeness (QED) is 0.299. The Kier molecular flexibility index (Phi) is 8.20. The number of allylic oxidation sites excluding steroid dienone is 8. The van der Waals surface area contributed by atoms with Crippen molar-refractivity contribution in [3.8, 4) is 0 Å². The largest absolute Gasteiger partial charge is 0.206 e. The average molecular weight is 319 g/mol. The number of hydrogen-bond acceptors (Lipinski definition) is 0. The van der Waals surface area contributed by atoms with Gasteiger partial charge in [0, 0.05) is 0 Å². The molecule has 0 aromatic carbocycles. The molecule has 21 heavy (non-hydrogen) atoms. The molecule has 2 radical (unpaired) electrons. The third-order valence-electron chi connectivity index (χ3n) is 4.55. The Labute approximate surface area is 137 Å². The lowest BCUT2D eigenvalue weighted by Crippen LogP contribution is -2.02. The standard InChI is InChI=1S/C19H27ClSi/c20-21-19(16-15-18-11-5-2-6-12-18)14-8-7-13-17-9-3-1-4-10-17/h1-3,5,7-8,16-18H,4,6,9-15H2. The molecule has 0 saturated heterocycles. The second kappa shape index (κ2) is 10.2. The summed E-state index contributed by atoms with van der Waals surface area (Å²) in [7, 11) is 0.440. The molecule has 2 aliphatic carbocycles. The maximum absolute atomic E-state index is 6.12. The van der Waals surface area contributed by atoms with E-state index in [-0.39, 0.29) is 0 Å². The Morgan fingerprint density at radius 2 is 1.62 bits per heavy atom. The van der Waals surface area contributed by atoms with E-state index in [0.717, 1.165) is 18.3 Å². The molecular formula is C19H27ClSi. The van der Waals surface area contributed by atoms with E-state index >= 15 is 0 Å². The summed E-state index contributed by atoms with van der Waals surface area (Å²) in [5.74, 6) is 1.71. The van der Waals surface area contributed by atoms with Gasteiger partial charge in [0.25, 0.3) is 0 Å². The van der Waals surface area contributed by atoms with Gasteiger partial charge in [-0.15, -0.1) is 0 Å². The van der Waals surface area contributed by atoms with Crippen LogP contribution in [0.1, 0.15) is 57.8 Å². The Morgan fingerprint density at radius 3 is 2.19 bits per heavy atom. The maximum atomic E-state index is 6.12. The van der Waals surface area contributed by atoms with Gasteiger partial charge in [0.1, 0.15) is 0 Å². The van der Waals surface area contributed by atoms with Crippen molar-refractivity contribution in [1.82, 2.24) is 0 Å². The van der Waals surface area contributed by atoms with E-state index in [1.54, 1.807) is 0 Å². The molecule has 0 nitrogen and oxygen atoms in total. The molecule has 2 heteroatoms. The van der Waals surface area contributed by atoms with Crippen molar-refractivity contribution < 1.29 is 0 Å². The molecule has 0 N–H and O–H groups in total. The van der Waals surface area contributed by atoms with Gasteiger partial charge in [-0.1, -0.05) is 47.7 Å². The summed E-state index contributed by atoms with van der Waals surface area (Å²) >= 11 is 6.12. The monoisotopic (exact) mass is 318 g/mol. The highest BCUT2D eigenvalue weighted by Crippen LogP contribution is 2.24. The molecule has 0 aromatic heterocycles. The number of hydrogen-bond donors (Lipinski definition) is 0. The van der Waals surface area contributed by atoms with Crippen LogP contribution in [0.3, 0.4) is 0 Å².